The highest BCUT2D eigenvalue weighted by molar-refractivity contribution is 7.84. The molecule has 2 aromatic rings. The van der Waals surface area contributed by atoms with Crippen LogP contribution in [0.5, 0.6) is 0 Å². The zero-order chi connectivity index (χ0) is 14.7. The fraction of sp³-hybridized carbons (Fsp3) is 0.0714. The predicted molar refractivity (Wildman–Crippen MR) is 74.9 cm³/mol. The predicted octanol–water partition coefficient (Wildman–Crippen LogP) is 3.49. The van der Waals surface area contributed by atoms with Crippen LogP contribution in [0.25, 0.3) is 0 Å². The highest BCUT2D eigenvalue weighted by atomic mass is 35.5. The summed E-state index contributed by atoms with van der Waals surface area (Å²) in [4.78, 5) is 11.4. The van der Waals surface area contributed by atoms with E-state index in [0.29, 0.717) is 10.5 Å². The van der Waals surface area contributed by atoms with Gasteiger partial charge in [0.15, 0.2) is 0 Å². The van der Waals surface area contributed by atoms with Crippen LogP contribution in [0.3, 0.4) is 0 Å². The van der Waals surface area contributed by atoms with Gasteiger partial charge >= 0.3 is 5.97 Å². The van der Waals surface area contributed by atoms with E-state index in [1.807, 2.05) is 0 Å². The first-order chi connectivity index (χ1) is 9.49. The first-order valence-electron chi connectivity index (χ1n) is 5.63. The van der Waals surface area contributed by atoms with Gasteiger partial charge in [-0.3, -0.25) is 4.21 Å². The van der Waals surface area contributed by atoms with Crippen molar-refractivity contribution in [1.29, 1.82) is 0 Å². The zero-order valence-electron chi connectivity index (χ0n) is 10.2. The van der Waals surface area contributed by atoms with Crippen LogP contribution in [-0.2, 0) is 16.6 Å². The van der Waals surface area contributed by atoms with Gasteiger partial charge in [0.05, 0.1) is 27.1 Å². The van der Waals surface area contributed by atoms with Gasteiger partial charge in [0.2, 0.25) is 0 Å². The second kappa shape index (κ2) is 6.15. The van der Waals surface area contributed by atoms with Gasteiger partial charge in [0.25, 0.3) is 0 Å². The van der Waals surface area contributed by atoms with Gasteiger partial charge in [0, 0.05) is 4.90 Å². The molecule has 0 radical (unpaired) electrons. The molecule has 6 heteroatoms. The molecule has 0 aromatic heterocycles. The number of halogens is 2. The molecule has 1 N–H and O–H groups in total. The standard InChI is InChI=1S/C14H10ClFO3S/c15-12-7-10(5-6-13(12)16)20(19)8-9-3-1-2-4-11(9)14(17)18/h1-7H,8H2,(H,17,18). The first-order valence-corrected chi connectivity index (χ1v) is 7.33. The number of carboxylic acids is 1. The van der Waals surface area contributed by atoms with Gasteiger partial charge in [-0.25, -0.2) is 9.18 Å². The van der Waals surface area contributed by atoms with Crippen molar-refractivity contribution in [2.45, 2.75) is 10.6 Å². The maximum Gasteiger partial charge on any atom is 0.335 e. The minimum atomic E-state index is -1.49. The third kappa shape index (κ3) is 3.23. The van der Waals surface area contributed by atoms with Crippen LogP contribution in [0, 0.1) is 5.82 Å². The van der Waals surface area contributed by atoms with Crippen molar-refractivity contribution in [3.63, 3.8) is 0 Å². The molecule has 0 spiro atoms. The molecule has 2 aromatic carbocycles. The number of carbonyl (C=O) groups is 1. The molecule has 0 saturated carbocycles. The lowest BCUT2D eigenvalue weighted by atomic mass is 10.1. The lowest BCUT2D eigenvalue weighted by Gasteiger charge is -2.06. The molecular weight excluding hydrogens is 303 g/mol. The van der Waals surface area contributed by atoms with E-state index in [0.717, 1.165) is 6.07 Å². The Morgan fingerprint density at radius 1 is 1.25 bits per heavy atom. The molecule has 0 aliphatic carbocycles. The molecule has 0 aliphatic rings. The summed E-state index contributed by atoms with van der Waals surface area (Å²) in [6, 6.07) is 10.1. The lowest BCUT2D eigenvalue weighted by Crippen LogP contribution is -2.05. The van der Waals surface area contributed by atoms with Gasteiger partial charge in [-0.15, -0.1) is 0 Å². The Bertz CT molecular complexity index is 688. The summed E-state index contributed by atoms with van der Waals surface area (Å²) in [6.45, 7) is 0. The van der Waals surface area contributed by atoms with Crippen molar-refractivity contribution >= 4 is 28.4 Å². The molecule has 0 saturated heterocycles. The van der Waals surface area contributed by atoms with E-state index in [2.05, 4.69) is 0 Å². The Morgan fingerprint density at radius 3 is 2.60 bits per heavy atom. The molecule has 1 unspecified atom stereocenters. The van der Waals surface area contributed by atoms with Crippen LogP contribution < -0.4 is 0 Å². The van der Waals surface area contributed by atoms with Gasteiger partial charge in [-0.1, -0.05) is 29.8 Å². The zero-order valence-corrected chi connectivity index (χ0v) is 11.7. The Kier molecular flexibility index (Phi) is 4.52. The normalized spacial score (nSPS) is 12.1. The summed E-state index contributed by atoms with van der Waals surface area (Å²) in [7, 11) is -1.49. The SMILES string of the molecule is O=C(O)c1ccccc1CS(=O)c1ccc(F)c(Cl)c1. The van der Waals surface area contributed by atoms with Crippen LogP contribution in [0.2, 0.25) is 5.02 Å². The molecule has 0 aliphatic heterocycles. The maximum atomic E-state index is 13.1. The first kappa shape index (κ1) is 14.7. The Balaban J connectivity index is 2.28. The average molecular weight is 313 g/mol. The third-order valence-electron chi connectivity index (χ3n) is 2.69. The maximum absolute atomic E-state index is 13.1. The highest BCUT2D eigenvalue weighted by Gasteiger charge is 2.13. The molecule has 2 rings (SSSR count). The fourth-order valence-corrected chi connectivity index (χ4v) is 3.11. The smallest absolute Gasteiger partial charge is 0.335 e. The molecule has 20 heavy (non-hydrogen) atoms. The Labute approximate surface area is 122 Å². The van der Waals surface area contributed by atoms with E-state index in [-0.39, 0.29) is 16.3 Å². The third-order valence-corrected chi connectivity index (χ3v) is 4.33. The second-order valence-corrected chi connectivity index (χ2v) is 5.89. The van der Waals surface area contributed by atoms with E-state index < -0.39 is 22.6 Å². The van der Waals surface area contributed by atoms with Crippen molar-refractivity contribution in [2.24, 2.45) is 0 Å². The minimum Gasteiger partial charge on any atom is -0.478 e. The molecular formula is C14H10ClFO3S. The topological polar surface area (TPSA) is 54.4 Å². The number of aromatic carboxylic acids is 1. The summed E-state index contributed by atoms with van der Waals surface area (Å²) in [6.07, 6.45) is 0. The summed E-state index contributed by atoms with van der Waals surface area (Å²) in [5.41, 5.74) is 0.563. The van der Waals surface area contributed by atoms with E-state index in [4.69, 9.17) is 16.7 Å². The Morgan fingerprint density at radius 2 is 1.95 bits per heavy atom. The van der Waals surface area contributed by atoms with Gasteiger partial charge in [-0.05, 0) is 29.8 Å². The molecule has 104 valence electrons. The van der Waals surface area contributed by atoms with Crippen LogP contribution in [0.15, 0.2) is 47.4 Å². The van der Waals surface area contributed by atoms with Crippen molar-refractivity contribution in [2.75, 3.05) is 0 Å². The van der Waals surface area contributed by atoms with Crippen molar-refractivity contribution < 1.29 is 18.5 Å². The summed E-state index contributed by atoms with van der Waals surface area (Å²) < 4.78 is 25.2. The quantitative estimate of drug-likeness (QED) is 0.940. The Hall–Kier alpha value is -1.72. The molecule has 0 bridgehead atoms. The number of hydrogen-bond donors (Lipinski definition) is 1. The lowest BCUT2D eigenvalue weighted by molar-refractivity contribution is 0.0696. The number of rotatable bonds is 4. The molecule has 0 heterocycles. The molecule has 1 atom stereocenters. The van der Waals surface area contributed by atoms with Crippen LogP contribution in [0.1, 0.15) is 15.9 Å². The van der Waals surface area contributed by atoms with E-state index >= 15 is 0 Å². The van der Waals surface area contributed by atoms with E-state index in [1.54, 1.807) is 18.2 Å². The van der Waals surface area contributed by atoms with Crippen LogP contribution in [-0.4, -0.2) is 15.3 Å². The monoisotopic (exact) mass is 312 g/mol. The van der Waals surface area contributed by atoms with E-state index in [9.17, 15) is 13.4 Å². The van der Waals surface area contributed by atoms with Crippen molar-refractivity contribution in [3.8, 4) is 0 Å². The molecule has 0 amide bonds. The van der Waals surface area contributed by atoms with Gasteiger partial charge in [0.1, 0.15) is 5.82 Å². The number of benzene rings is 2. The average Bonchev–Trinajstić information content (AvgIpc) is 2.42. The van der Waals surface area contributed by atoms with E-state index in [1.165, 1.54) is 18.2 Å². The number of carboxylic acid groups (broad SMARTS) is 1. The number of hydrogen-bond acceptors (Lipinski definition) is 2. The molecule has 3 nitrogen and oxygen atoms in total. The summed E-state index contributed by atoms with van der Waals surface area (Å²) >= 11 is 5.64. The van der Waals surface area contributed by atoms with Crippen molar-refractivity contribution in [3.05, 3.63) is 64.4 Å². The summed E-state index contributed by atoms with van der Waals surface area (Å²) in [5, 5.41) is 8.95. The van der Waals surface area contributed by atoms with Crippen LogP contribution in [0.4, 0.5) is 4.39 Å². The second-order valence-electron chi connectivity index (χ2n) is 4.03. The van der Waals surface area contributed by atoms with Crippen LogP contribution >= 0.6 is 11.6 Å². The fourth-order valence-electron chi connectivity index (χ4n) is 1.70. The minimum absolute atomic E-state index is 0.0322. The van der Waals surface area contributed by atoms with Gasteiger partial charge in [-0.2, -0.15) is 0 Å². The largest absolute Gasteiger partial charge is 0.478 e. The molecule has 0 fully saturated rings. The van der Waals surface area contributed by atoms with Crippen molar-refractivity contribution in [1.82, 2.24) is 0 Å². The summed E-state index contributed by atoms with van der Waals surface area (Å²) in [5.74, 6) is -1.63. The highest BCUT2D eigenvalue weighted by Crippen LogP contribution is 2.21. The van der Waals surface area contributed by atoms with Gasteiger partial charge < -0.3 is 5.11 Å².